The quantitative estimate of drug-likeness (QED) is 0.710. The lowest BCUT2D eigenvalue weighted by Crippen LogP contribution is -2.52. The second kappa shape index (κ2) is 7.43. The highest BCUT2D eigenvalue weighted by Gasteiger charge is 2.40. The van der Waals surface area contributed by atoms with Crippen molar-refractivity contribution >= 4 is 10.2 Å². The molecule has 0 unspecified atom stereocenters. The smallest absolute Gasteiger partial charge is 0.279 e. The molecule has 2 aromatic rings. The number of imidazole rings is 1. The van der Waals surface area contributed by atoms with E-state index in [4.69, 9.17) is 0 Å². The highest BCUT2D eigenvalue weighted by molar-refractivity contribution is 7.87. The third-order valence-electron chi connectivity index (χ3n) is 5.78. The van der Waals surface area contributed by atoms with Crippen LogP contribution >= 0.6 is 0 Å². The summed E-state index contributed by atoms with van der Waals surface area (Å²) in [5.74, 6) is 0.455. The van der Waals surface area contributed by atoms with Crippen molar-refractivity contribution in [3.05, 3.63) is 52.5 Å². The second-order valence-corrected chi connectivity index (χ2v) is 9.79. The van der Waals surface area contributed by atoms with Gasteiger partial charge in [-0.1, -0.05) is 6.07 Å². The highest BCUT2D eigenvalue weighted by atomic mass is 32.2. The minimum atomic E-state index is -3.55. The topological polar surface area (TPSA) is 103 Å². The first-order valence-electron chi connectivity index (χ1n) is 9.43. The van der Waals surface area contributed by atoms with Crippen LogP contribution in [-0.4, -0.2) is 65.9 Å². The molecule has 0 radical (unpaired) electrons. The molecule has 4 heterocycles. The Hall–Kier alpha value is -2.01. The summed E-state index contributed by atoms with van der Waals surface area (Å²) in [6, 6.07) is 5.14. The summed E-state index contributed by atoms with van der Waals surface area (Å²) < 4.78 is 30.1. The van der Waals surface area contributed by atoms with E-state index in [1.807, 2.05) is 16.8 Å². The van der Waals surface area contributed by atoms with E-state index < -0.39 is 10.2 Å². The Kier molecular flexibility index (Phi) is 5.13. The summed E-state index contributed by atoms with van der Waals surface area (Å²) in [6.07, 6.45) is 4.45. The van der Waals surface area contributed by atoms with Crippen LogP contribution in [0.2, 0.25) is 0 Å². The molecule has 2 aliphatic rings. The van der Waals surface area contributed by atoms with Crippen LogP contribution in [-0.2, 0) is 16.8 Å². The fourth-order valence-corrected chi connectivity index (χ4v) is 5.10. The molecule has 0 aliphatic carbocycles. The number of aromatic nitrogens is 3. The zero-order valence-corrected chi connectivity index (χ0v) is 16.9. The van der Waals surface area contributed by atoms with Gasteiger partial charge in [-0.25, -0.2) is 9.71 Å². The maximum Gasteiger partial charge on any atom is 0.279 e. The van der Waals surface area contributed by atoms with Gasteiger partial charge in [0.25, 0.3) is 15.8 Å². The van der Waals surface area contributed by atoms with Gasteiger partial charge in [0.05, 0.1) is 12.4 Å². The van der Waals surface area contributed by atoms with E-state index in [0.717, 1.165) is 41.7 Å². The first-order valence-corrected chi connectivity index (χ1v) is 10.9. The second-order valence-electron chi connectivity index (χ2n) is 7.83. The Balaban J connectivity index is 1.63. The lowest BCUT2D eigenvalue weighted by molar-refractivity contribution is 0.0860. The number of fused-ring (bicyclic) bond motifs is 4. The number of pyridine rings is 1. The molecule has 0 amide bonds. The van der Waals surface area contributed by atoms with E-state index in [9.17, 15) is 13.2 Å². The van der Waals surface area contributed by atoms with E-state index >= 15 is 0 Å². The van der Waals surface area contributed by atoms with Crippen molar-refractivity contribution in [1.82, 2.24) is 28.5 Å². The van der Waals surface area contributed by atoms with E-state index in [0.29, 0.717) is 0 Å². The molecule has 0 saturated carbocycles. The Labute approximate surface area is 164 Å². The van der Waals surface area contributed by atoms with Crippen LogP contribution in [0.4, 0.5) is 0 Å². The standard InChI is InChI=1S/C18H26N6O3S/c1-22(2)28(26,27)21-8-17-14-6-13(16-4-3-5-18(25)24(16)17)9-23(10-14)11-15-7-19-12-20-15/h3-5,7,12-14,17,21H,6,8-11H2,1-2H3,(H,19,20)/t13-,14+,17+/m1/s1. The molecule has 2 aromatic heterocycles. The van der Waals surface area contributed by atoms with Gasteiger partial charge in [0.1, 0.15) is 0 Å². The SMILES string of the molecule is CN(C)S(=O)(=O)NC[C@H]1[C@H]2C[C@H](CN(Cc3cnc[nH]3)C2)c2cccc(=O)n21. The lowest BCUT2D eigenvalue weighted by atomic mass is 9.78. The largest absolute Gasteiger partial charge is 0.347 e. The number of nitrogens with one attached hydrogen (secondary N) is 2. The summed E-state index contributed by atoms with van der Waals surface area (Å²) in [5.41, 5.74) is 1.98. The minimum Gasteiger partial charge on any atom is -0.347 e. The molecular formula is C18H26N6O3S. The van der Waals surface area contributed by atoms with E-state index in [2.05, 4.69) is 19.6 Å². The Morgan fingerprint density at radius 1 is 1.32 bits per heavy atom. The molecule has 4 rings (SSSR count). The molecule has 9 nitrogen and oxygen atoms in total. The molecule has 1 saturated heterocycles. The average Bonchev–Trinajstić information content (AvgIpc) is 3.15. The number of H-pyrrole nitrogens is 1. The van der Waals surface area contributed by atoms with E-state index in [1.165, 1.54) is 14.1 Å². The van der Waals surface area contributed by atoms with Crippen molar-refractivity contribution in [2.75, 3.05) is 33.7 Å². The van der Waals surface area contributed by atoms with Gasteiger partial charge in [-0.15, -0.1) is 0 Å². The fourth-order valence-electron chi connectivity index (χ4n) is 4.46. The summed E-state index contributed by atoms with van der Waals surface area (Å²) in [7, 11) is -0.569. The number of hydrogen-bond donors (Lipinski definition) is 2. The molecule has 2 bridgehead atoms. The minimum absolute atomic E-state index is 0.0664. The van der Waals surface area contributed by atoms with Gasteiger partial charge in [-0.3, -0.25) is 9.69 Å². The van der Waals surface area contributed by atoms with Crippen LogP contribution in [0.3, 0.4) is 0 Å². The summed E-state index contributed by atoms with van der Waals surface area (Å²) in [5, 5.41) is 0. The number of hydrogen-bond acceptors (Lipinski definition) is 5. The van der Waals surface area contributed by atoms with Crippen molar-refractivity contribution in [2.24, 2.45) is 5.92 Å². The van der Waals surface area contributed by atoms with Gasteiger partial charge in [0.15, 0.2) is 0 Å². The molecule has 10 heteroatoms. The van der Waals surface area contributed by atoms with Crippen molar-refractivity contribution in [3.8, 4) is 0 Å². The fraction of sp³-hybridized carbons (Fsp3) is 0.556. The first-order chi connectivity index (χ1) is 13.3. The van der Waals surface area contributed by atoms with Crippen LogP contribution in [0.15, 0.2) is 35.5 Å². The third kappa shape index (κ3) is 3.64. The monoisotopic (exact) mass is 406 g/mol. The molecule has 2 aliphatic heterocycles. The van der Waals surface area contributed by atoms with Crippen LogP contribution in [0.25, 0.3) is 0 Å². The summed E-state index contributed by atoms with van der Waals surface area (Å²) in [6.45, 7) is 2.65. The van der Waals surface area contributed by atoms with Gasteiger partial charge in [0, 0.05) is 69.8 Å². The van der Waals surface area contributed by atoms with Gasteiger partial charge < -0.3 is 9.55 Å². The van der Waals surface area contributed by atoms with Crippen LogP contribution < -0.4 is 10.3 Å². The van der Waals surface area contributed by atoms with Crippen molar-refractivity contribution in [1.29, 1.82) is 0 Å². The van der Waals surface area contributed by atoms with Crippen LogP contribution in [0, 0.1) is 5.92 Å². The van der Waals surface area contributed by atoms with Crippen LogP contribution in [0.5, 0.6) is 0 Å². The summed E-state index contributed by atoms with van der Waals surface area (Å²) in [4.78, 5) is 22.2. The van der Waals surface area contributed by atoms with Gasteiger partial charge in [0.2, 0.25) is 0 Å². The van der Waals surface area contributed by atoms with Crippen molar-refractivity contribution < 1.29 is 8.42 Å². The maximum absolute atomic E-state index is 12.7. The number of aromatic amines is 1. The maximum atomic E-state index is 12.7. The number of likely N-dealkylation sites (tertiary alicyclic amines) is 1. The van der Waals surface area contributed by atoms with E-state index in [-0.39, 0.29) is 30.0 Å². The predicted molar refractivity (Wildman–Crippen MR) is 105 cm³/mol. The lowest BCUT2D eigenvalue weighted by Gasteiger charge is -2.47. The molecule has 28 heavy (non-hydrogen) atoms. The zero-order chi connectivity index (χ0) is 19.9. The summed E-state index contributed by atoms with van der Waals surface area (Å²) >= 11 is 0. The third-order valence-corrected chi connectivity index (χ3v) is 7.27. The van der Waals surface area contributed by atoms with Gasteiger partial charge in [-0.2, -0.15) is 12.7 Å². The number of piperidine rings is 1. The molecule has 0 spiro atoms. The van der Waals surface area contributed by atoms with Crippen molar-refractivity contribution in [3.63, 3.8) is 0 Å². The average molecular weight is 407 g/mol. The molecule has 3 atom stereocenters. The molecular weight excluding hydrogens is 380 g/mol. The normalized spacial score (nSPS) is 25.0. The predicted octanol–water partition coefficient (Wildman–Crippen LogP) is 0.128. The van der Waals surface area contributed by atoms with Crippen LogP contribution in [0.1, 0.15) is 29.8 Å². The Bertz CT molecular complexity index is 985. The number of nitrogens with zero attached hydrogens (tertiary/aromatic N) is 4. The zero-order valence-electron chi connectivity index (χ0n) is 16.1. The molecule has 2 N–H and O–H groups in total. The number of rotatable bonds is 6. The molecule has 0 aromatic carbocycles. The highest BCUT2D eigenvalue weighted by Crippen LogP contribution is 2.41. The van der Waals surface area contributed by atoms with Gasteiger partial charge in [-0.05, 0) is 18.4 Å². The molecule has 1 fully saturated rings. The Morgan fingerprint density at radius 2 is 2.14 bits per heavy atom. The first kappa shape index (κ1) is 19.3. The van der Waals surface area contributed by atoms with Crippen molar-refractivity contribution in [2.45, 2.75) is 24.9 Å². The molecule has 152 valence electrons. The van der Waals surface area contributed by atoms with Gasteiger partial charge >= 0.3 is 0 Å². The van der Waals surface area contributed by atoms with E-state index in [1.54, 1.807) is 18.5 Å². The Morgan fingerprint density at radius 3 is 2.86 bits per heavy atom.